The molecule has 0 radical (unpaired) electrons. The number of carbonyl (C=O) groups excluding carboxylic acids is 2. The predicted molar refractivity (Wildman–Crippen MR) is 109 cm³/mol. The Bertz CT molecular complexity index is 971. The van der Waals surface area contributed by atoms with E-state index in [-0.39, 0.29) is 30.8 Å². The van der Waals surface area contributed by atoms with Crippen molar-refractivity contribution in [2.45, 2.75) is 19.3 Å². The van der Waals surface area contributed by atoms with Crippen molar-refractivity contribution >= 4 is 28.6 Å². The number of amides is 2. The molecule has 2 heterocycles. The number of para-hydroxylation sites is 2. The van der Waals surface area contributed by atoms with E-state index in [4.69, 9.17) is 9.52 Å². The number of aliphatic hydroxyl groups excluding tert-OH is 1. The standard InChI is InChI=1S/C22H23N3O4/c26-14-11-20(27)25-12-9-15(10-13-25)21(28)23-17-7-5-16(6-8-17)22-24-18-3-1-2-4-19(18)29-22/h1-8,15,26H,9-14H2,(H,23,28). The van der Waals surface area contributed by atoms with Gasteiger partial charge >= 0.3 is 0 Å². The van der Waals surface area contributed by atoms with E-state index in [1.54, 1.807) is 4.90 Å². The fraction of sp³-hybridized carbons (Fsp3) is 0.318. The highest BCUT2D eigenvalue weighted by Gasteiger charge is 2.27. The first kappa shape index (κ1) is 19.1. The Kier molecular flexibility index (Phi) is 5.57. The Morgan fingerprint density at radius 2 is 1.83 bits per heavy atom. The number of anilines is 1. The van der Waals surface area contributed by atoms with E-state index in [2.05, 4.69) is 10.3 Å². The summed E-state index contributed by atoms with van der Waals surface area (Å²) >= 11 is 0. The van der Waals surface area contributed by atoms with E-state index in [0.29, 0.717) is 37.5 Å². The molecule has 0 spiro atoms. The van der Waals surface area contributed by atoms with E-state index in [1.807, 2.05) is 48.5 Å². The molecule has 0 saturated carbocycles. The number of benzene rings is 2. The summed E-state index contributed by atoms with van der Waals surface area (Å²) in [7, 11) is 0. The molecule has 1 aromatic heterocycles. The number of nitrogens with zero attached hydrogens (tertiary/aromatic N) is 2. The third-order valence-electron chi connectivity index (χ3n) is 5.24. The maximum atomic E-state index is 12.6. The minimum absolute atomic E-state index is 0.0335. The average Bonchev–Trinajstić information content (AvgIpc) is 3.19. The van der Waals surface area contributed by atoms with Gasteiger partial charge in [0.15, 0.2) is 5.58 Å². The number of nitrogens with one attached hydrogen (secondary N) is 1. The van der Waals surface area contributed by atoms with Gasteiger partial charge in [-0.2, -0.15) is 0 Å². The van der Waals surface area contributed by atoms with Gasteiger partial charge in [0.25, 0.3) is 0 Å². The number of hydrogen-bond donors (Lipinski definition) is 2. The fourth-order valence-electron chi connectivity index (χ4n) is 3.58. The summed E-state index contributed by atoms with van der Waals surface area (Å²) in [6, 6.07) is 15.0. The molecular formula is C22H23N3O4. The second-order valence-electron chi connectivity index (χ2n) is 7.18. The summed E-state index contributed by atoms with van der Waals surface area (Å²) < 4.78 is 5.77. The van der Waals surface area contributed by atoms with Crippen LogP contribution < -0.4 is 5.32 Å². The lowest BCUT2D eigenvalue weighted by molar-refractivity contribution is -0.135. The summed E-state index contributed by atoms with van der Waals surface area (Å²) in [6.07, 6.45) is 1.40. The van der Waals surface area contributed by atoms with Crippen LogP contribution >= 0.6 is 0 Å². The minimum atomic E-state index is -0.140. The Balaban J connectivity index is 1.35. The van der Waals surface area contributed by atoms with Crippen molar-refractivity contribution in [1.82, 2.24) is 9.88 Å². The van der Waals surface area contributed by atoms with Gasteiger partial charge in [-0.25, -0.2) is 4.98 Å². The van der Waals surface area contributed by atoms with Crippen molar-refractivity contribution in [3.05, 3.63) is 48.5 Å². The zero-order valence-corrected chi connectivity index (χ0v) is 16.0. The van der Waals surface area contributed by atoms with Gasteiger partial charge in [0.2, 0.25) is 17.7 Å². The number of likely N-dealkylation sites (tertiary alicyclic amines) is 1. The van der Waals surface area contributed by atoms with Gasteiger partial charge in [-0.3, -0.25) is 9.59 Å². The van der Waals surface area contributed by atoms with Gasteiger partial charge in [0, 0.05) is 36.7 Å². The Morgan fingerprint density at radius 1 is 1.10 bits per heavy atom. The Morgan fingerprint density at radius 3 is 2.52 bits per heavy atom. The molecule has 1 saturated heterocycles. The number of aliphatic hydroxyl groups is 1. The average molecular weight is 393 g/mol. The molecule has 2 amide bonds. The van der Waals surface area contributed by atoms with Gasteiger partial charge in [0.1, 0.15) is 5.52 Å². The number of piperidine rings is 1. The van der Waals surface area contributed by atoms with E-state index in [0.717, 1.165) is 16.7 Å². The van der Waals surface area contributed by atoms with Crippen LogP contribution in [-0.4, -0.2) is 46.5 Å². The van der Waals surface area contributed by atoms with Crippen LogP contribution in [0.15, 0.2) is 52.9 Å². The van der Waals surface area contributed by atoms with Gasteiger partial charge in [0.05, 0.1) is 6.61 Å². The van der Waals surface area contributed by atoms with Crippen LogP contribution in [0.2, 0.25) is 0 Å². The molecule has 2 N–H and O–H groups in total. The molecule has 7 nitrogen and oxygen atoms in total. The topological polar surface area (TPSA) is 95.7 Å². The van der Waals surface area contributed by atoms with Gasteiger partial charge in [-0.15, -0.1) is 0 Å². The van der Waals surface area contributed by atoms with E-state index in [1.165, 1.54) is 0 Å². The molecule has 7 heteroatoms. The van der Waals surface area contributed by atoms with Crippen LogP contribution in [0.25, 0.3) is 22.6 Å². The van der Waals surface area contributed by atoms with Gasteiger partial charge in [-0.1, -0.05) is 12.1 Å². The molecule has 4 rings (SSSR count). The molecule has 0 atom stereocenters. The van der Waals surface area contributed by atoms with Crippen molar-refractivity contribution in [1.29, 1.82) is 0 Å². The minimum Gasteiger partial charge on any atom is -0.436 e. The molecule has 150 valence electrons. The van der Waals surface area contributed by atoms with Crippen molar-refractivity contribution in [2.24, 2.45) is 5.92 Å². The molecule has 1 fully saturated rings. The number of fused-ring (bicyclic) bond motifs is 1. The third kappa shape index (κ3) is 4.30. The van der Waals surface area contributed by atoms with E-state index in [9.17, 15) is 9.59 Å². The molecule has 0 unspecified atom stereocenters. The first-order valence-electron chi connectivity index (χ1n) is 9.79. The molecular weight excluding hydrogens is 370 g/mol. The molecule has 0 aliphatic carbocycles. The molecule has 29 heavy (non-hydrogen) atoms. The monoisotopic (exact) mass is 393 g/mol. The fourth-order valence-corrected chi connectivity index (χ4v) is 3.58. The first-order chi connectivity index (χ1) is 14.1. The molecule has 3 aromatic rings. The molecule has 1 aliphatic heterocycles. The molecule has 2 aromatic carbocycles. The van der Waals surface area contributed by atoms with E-state index >= 15 is 0 Å². The summed E-state index contributed by atoms with van der Waals surface area (Å²) in [5.74, 6) is 0.337. The number of aromatic nitrogens is 1. The highest BCUT2D eigenvalue weighted by molar-refractivity contribution is 5.93. The summed E-state index contributed by atoms with van der Waals surface area (Å²) in [6.45, 7) is 0.958. The van der Waals surface area contributed by atoms with Crippen LogP contribution in [0.5, 0.6) is 0 Å². The maximum Gasteiger partial charge on any atom is 0.227 e. The summed E-state index contributed by atoms with van der Waals surface area (Å²) in [4.78, 5) is 30.6. The first-order valence-corrected chi connectivity index (χ1v) is 9.79. The second kappa shape index (κ2) is 8.45. The molecule has 0 bridgehead atoms. The zero-order valence-electron chi connectivity index (χ0n) is 16.0. The number of rotatable bonds is 5. The van der Waals surface area contributed by atoms with Crippen LogP contribution in [-0.2, 0) is 9.59 Å². The van der Waals surface area contributed by atoms with Crippen LogP contribution in [0, 0.1) is 5.92 Å². The number of hydrogen-bond acceptors (Lipinski definition) is 5. The highest BCUT2D eigenvalue weighted by atomic mass is 16.3. The second-order valence-corrected chi connectivity index (χ2v) is 7.18. The quantitative estimate of drug-likeness (QED) is 0.695. The number of carbonyl (C=O) groups is 2. The Labute approximate surface area is 168 Å². The van der Waals surface area contributed by atoms with Crippen LogP contribution in [0.4, 0.5) is 5.69 Å². The van der Waals surface area contributed by atoms with E-state index < -0.39 is 0 Å². The number of oxazole rings is 1. The normalized spacial score (nSPS) is 14.9. The maximum absolute atomic E-state index is 12.6. The predicted octanol–water partition coefficient (Wildman–Crippen LogP) is 3.05. The largest absolute Gasteiger partial charge is 0.436 e. The zero-order chi connectivity index (χ0) is 20.2. The van der Waals surface area contributed by atoms with Gasteiger partial charge in [-0.05, 0) is 49.2 Å². The summed E-state index contributed by atoms with van der Waals surface area (Å²) in [5.41, 5.74) is 3.11. The lowest BCUT2D eigenvalue weighted by atomic mass is 9.95. The van der Waals surface area contributed by atoms with Crippen molar-refractivity contribution < 1.29 is 19.1 Å². The third-order valence-corrected chi connectivity index (χ3v) is 5.24. The summed E-state index contributed by atoms with van der Waals surface area (Å²) in [5, 5.41) is 11.8. The van der Waals surface area contributed by atoms with Crippen LogP contribution in [0.1, 0.15) is 19.3 Å². The SMILES string of the molecule is O=C(Nc1ccc(-c2nc3ccccc3o2)cc1)C1CCN(C(=O)CCO)CC1. The lowest BCUT2D eigenvalue weighted by Crippen LogP contribution is -2.41. The van der Waals surface area contributed by atoms with Gasteiger partial charge < -0.3 is 19.7 Å². The Hall–Kier alpha value is -3.19. The molecule has 1 aliphatic rings. The van der Waals surface area contributed by atoms with Crippen LogP contribution in [0.3, 0.4) is 0 Å². The highest BCUT2D eigenvalue weighted by Crippen LogP contribution is 2.26. The van der Waals surface area contributed by atoms with Crippen molar-refractivity contribution in [3.63, 3.8) is 0 Å². The van der Waals surface area contributed by atoms with Crippen molar-refractivity contribution in [3.8, 4) is 11.5 Å². The lowest BCUT2D eigenvalue weighted by Gasteiger charge is -2.31. The van der Waals surface area contributed by atoms with Crippen molar-refractivity contribution in [2.75, 3.05) is 25.0 Å². The smallest absolute Gasteiger partial charge is 0.227 e.